The minimum absolute atomic E-state index is 0.171. The number of azide groups is 1. The van der Waals surface area contributed by atoms with E-state index in [2.05, 4.69) is 15.3 Å². The molecule has 0 saturated carbocycles. The Hall–Kier alpha value is -3.02. The fourth-order valence-electron chi connectivity index (χ4n) is 3.04. The van der Waals surface area contributed by atoms with Gasteiger partial charge >= 0.3 is 0 Å². The van der Waals surface area contributed by atoms with Gasteiger partial charge in [-0.15, -0.1) is 0 Å². The van der Waals surface area contributed by atoms with Gasteiger partial charge in [0.25, 0.3) is 0 Å². The summed E-state index contributed by atoms with van der Waals surface area (Å²) in [6, 6.07) is 11.6. The highest BCUT2D eigenvalue weighted by atomic mass is 35.5. The van der Waals surface area contributed by atoms with Crippen molar-refractivity contribution in [2.24, 2.45) is 5.11 Å². The molecule has 1 heterocycles. The lowest BCUT2D eigenvalue weighted by atomic mass is 10.1. The number of nitrogens with zero attached hydrogens (tertiary/aromatic N) is 5. The normalized spacial score (nSPS) is 10.6. The van der Waals surface area contributed by atoms with Crippen LogP contribution in [0.3, 0.4) is 0 Å². The molecule has 0 unspecified atom stereocenters. The van der Waals surface area contributed by atoms with Crippen LogP contribution in [-0.4, -0.2) is 22.0 Å². The number of fused-ring (bicyclic) bond motifs is 1. The molecule has 7 nitrogen and oxygen atoms in total. The van der Waals surface area contributed by atoms with Gasteiger partial charge in [0, 0.05) is 35.5 Å². The minimum atomic E-state index is -0.171. The number of rotatable bonds is 6. The van der Waals surface area contributed by atoms with Gasteiger partial charge in [-0.1, -0.05) is 35.8 Å². The first-order chi connectivity index (χ1) is 13.0. The average molecular weight is 383 g/mol. The summed E-state index contributed by atoms with van der Waals surface area (Å²) in [5.74, 6) is 0.705. The fraction of sp³-hybridized carbons (Fsp3) is 0.263. The number of nitrogens with one attached hydrogen (secondary N) is 1. The summed E-state index contributed by atoms with van der Waals surface area (Å²) in [7, 11) is 0. The van der Waals surface area contributed by atoms with Crippen LogP contribution in [0.2, 0.25) is 5.02 Å². The van der Waals surface area contributed by atoms with Crippen LogP contribution >= 0.6 is 11.6 Å². The predicted molar refractivity (Wildman–Crippen MR) is 107 cm³/mol. The van der Waals surface area contributed by atoms with Gasteiger partial charge in [0.05, 0.1) is 11.2 Å². The van der Waals surface area contributed by atoms with Gasteiger partial charge in [-0.25, -0.2) is 4.98 Å². The molecule has 2 aromatic carbocycles. The monoisotopic (exact) mass is 382 g/mol. The van der Waals surface area contributed by atoms with Crippen LogP contribution in [0.4, 0.5) is 5.69 Å². The Balaban J connectivity index is 2.09. The topological polar surface area (TPSA) is 95.7 Å². The number of hydrogen-bond donors (Lipinski definition) is 1. The molecule has 138 valence electrons. The second kappa shape index (κ2) is 8.12. The van der Waals surface area contributed by atoms with E-state index in [4.69, 9.17) is 22.1 Å². The molecule has 3 aromatic rings. The van der Waals surface area contributed by atoms with E-state index in [-0.39, 0.29) is 5.91 Å². The zero-order valence-electron chi connectivity index (χ0n) is 15.1. The molecular weight excluding hydrogens is 364 g/mol. The lowest BCUT2D eigenvalue weighted by Crippen LogP contribution is -2.06. The second-order valence-electron chi connectivity index (χ2n) is 6.09. The molecule has 8 heteroatoms. The van der Waals surface area contributed by atoms with Gasteiger partial charge in [0.15, 0.2) is 0 Å². The van der Waals surface area contributed by atoms with Crippen LogP contribution in [0.1, 0.15) is 25.2 Å². The van der Waals surface area contributed by atoms with Gasteiger partial charge in [0.2, 0.25) is 5.91 Å². The Morgan fingerprint density at radius 3 is 2.70 bits per heavy atom. The summed E-state index contributed by atoms with van der Waals surface area (Å²) in [6.45, 7) is 3.92. The SMILES string of the molecule is CCc1nc2c(NC(C)=O)cc(Cl)cc2n1-c1ccc(CCN=[N+]=[N-])cc1. The molecule has 0 saturated heterocycles. The number of hydrogen-bond acceptors (Lipinski definition) is 3. The van der Waals surface area contributed by atoms with Crippen molar-refractivity contribution in [3.8, 4) is 5.69 Å². The maximum absolute atomic E-state index is 11.5. The van der Waals surface area contributed by atoms with Crippen molar-refractivity contribution in [1.82, 2.24) is 9.55 Å². The maximum atomic E-state index is 11.5. The van der Waals surface area contributed by atoms with Crippen molar-refractivity contribution in [2.75, 3.05) is 11.9 Å². The van der Waals surface area contributed by atoms with Gasteiger partial charge < -0.3 is 5.32 Å². The molecule has 1 N–H and O–H groups in total. The van der Waals surface area contributed by atoms with Gasteiger partial charge in [-0.05, 0) is 41.8 Å². The molecule has 27 heavy (non-hydrogen) atoms. The third-order valence-electron chi connectivity index (χ3n) is 4.18. The highest BCUT2D eigenvalue weighted by Gasteiger charge is 2.16. The van der Waals surface area contributed by atoms with Crippen LogP contribution in [-0.2, 0) is 17.6 Å². The molecular formula is C19H19ClN6O. The Morgan fingerprint density at radius 1 is 1.33 bits per heavy atom. The van der Waals surface area contributed by atoms with E-state index in [0.29, 0.717) is 29.2 Å². The molecule has 0 atom stereocenters. The zero-order valence-corrected chi connectivity index (χ0v) is 15.9. The Morgan fingerprint density at radius 2 is 2.07 bits per heavy atom. The maximum Gasteiger partial charge on any atom is 0.221 e. The van der Waals surface area contributed by atoms with Crippen molar-refractivity contribution < 1.29 is 4.79 Å². The number of aryl methyl sites for hydroxylation is 1. The summed E-state index contributed by atoms with van der Waals surface area (Å²) in [6.07, 6.45) is 1.42. The molecule has 0 aliphatic carbocycles. The highest BCUT2D eigenvalue weighted by Crippen LogP contribution is 2.31. The average Bonchev–Trinajstić information content (AvgIpc) is 3.00. The summed E-state index contributed by atoms with van der Waals surface area (Å²) in [5, 5.41) is 6.90. The van der Waals surface area contributed by atoms with Crippen LogP contribution in [0, 0.1) is 0 Å². The minimum Gasteiger partial charge on any atom is -0.324 e. The van der Waals surface area contributed by atoms with Crippen LogP contribution in [0.5, 0.6) is 0 Å². The summed E-state index contributed by atoms with van der Waals surface area (Å²) >= 11 is 6.28. The smallest absolute Gasteiger partial charge is 0.221 e. The van der Waals surface area contributed by atoms with E-state index in [1.165, 1.54) is 6.92 Å². The van der Waals surface area contributed by atoms with Crippen molar-refractivity contribution in [3.05, 3.63) is 63.3 Å². The molecule has 0 bridgehead atoms. The lowest BCUT2D eigenvalue weighted by molar-refractivity contribution is -0.114. The van der Waals surface area contributed by atoms with E-state index >= 15 is 0 Å². The number of carbonyl (C=O) groups is 1. The number of halogens is 1. The number of aromatic nitrogens is 2. The summed E-state index contributed by atoms with van der Waals surface area (Å²) < 4.78 is 2.05. The molecule has 0 fully saturated rings. The number of anilines is 1. The molecule has 3 rings (SSSR count). The third-order valence-corrected chi connectivity index (χ3v) is 4.40. The lowest BCUT2D eigenvalue weighted by Gasteiger charge is -2.10. The molecule has 0 radical (unpaired) electrons. The standard InChI is InChI=1S/C19H19ClN6O/c1-3-18-24-19-16(23-12(2)27)10-14(20)11-17(19)26(18)15-6-4-13(5-7-15)8-9-22-25-21/h4-7,10-11H,3,8-9H2,1-2H3,(H,23,27). The molecule has 1 aromatic heterocycles. The Bertz CT molecular complexity index is 1030. The third kappa shape index (κ3) is 4.05. The predicted octanol–water partition coefficient (Wildman–Crippen LogP) is 5.05. The Labute approximate surface area is 161 Å². The first kappa shape index (κ1) is 18.8. The van der Waals surface area contributed by atoms with Gasteiger partial charge in [-0.3, -0.25) is 9.36 Å². The van der Waals surface area contributed by atoms with Crippen LogP contribution in [0.25, 0.3) is 27.2 Å². The zero-order chi connectivity index (χ0) is 19.4. The van der Waals surface area contributed by atoms with Crippen molar-refractivity contribution in [1.29, 1.82) is 0 Å². The first-order valence-electron chi connectivity index (χ1n) is 8.62. The molecule has 0 aliphatic rings. The van der Waals surface area contributed by atoms with E-state index in [0.717, 1.165) is 29.0 Å². The van der Waals surface area contributed by atoms with Gasteiger partial charge in [-0.2, -0.15) is 0 Å². The summed E-state index contributed by atoms with van der Waals surface area (Å²) in [5.41, 5.74) is 12.6. The van der Waals surface area contributed by atoms with Crippen LogP contribution in [0.15, 0.2) is 41.5 Å². The van der Waals surface area contributed by atoms with E-state index in [9.17, 15) is 4.79 Å². The molecule has 0 aliphatic heterocycles. The molecule has 0 spiro atoms. The highest BCUT2D eigenvalue weighted by molar-refractivity contribution is 6.32. The van der Waals surface area contributed by atoms with Crippen molar-refractivity contribution in [2.45, 2.75) is 26.7 Å². The largest absolute Gasteiger partial charge is 0.324 e. The van der Waals surface area contributed by atoms with Gasteiger partial charge in [0.1, 0.15) is 11.3 Å². The number of imidazole rings is 1. The van der Waals surface area contributed by atoms with E-state index in [1.807, 2.05) is 41.8 Å². The van der Waals surface area contributed by atoms with E-state index in [1.54, 1.807) is 6.07 Å². The van der Waals surface area contributed by atoms with Crippen molar-refractivity contribution in [3.63, 3.8) is 0 Å². The van der Waals surface area contributed by atoms with E-state index < -0.39 is 0 Å². The van der Waals surface area contributed by atoms with Crippen LogP contribution < -0.4 is 5.32 Å². The number of carbonyl (C=O) groups excluding carboxylic acids is 1. The second-order valence-corrected chi connectivity index (χ2v) is 6.53. The quantitative estimate of drug-likeness (QED) is 0.366. The number of amides is 1. The molecule has 1 amide bonds. The first-order valence-corrected chi connectivity index (χ1v) is 9.00. The van der Waals surface area contributed by atoms with Crippen molar-refractivity contribution >= 4 is 34.2 Å². The number of benzene rings is 2. The summed E-state index contributed by atoms with van der Waals surface area (Å²) in [4.78, 5) is 19.0. The fourth-order valence-corrected chi connectivity index (χ4v) is 3.25. The Kier molecular flexibility index (Phi) is 5.64.